The second kappa shape index (κ2) is 3.95. The zero-order valence-corrected chi connectivity index (χ0v) is 9.24. The molecule has 0 saturated heterocycles. The molecule has 0 fully saturated rings. The predicted molar refractivity (Wildman–Crippen MR) is 61.8 cm³/mol. The Morgan fingerprint density at radius 2 is 2.20 bits per heavy atom. The minimum absolute atomic E-state index is 0.213. The van der Waals surface area contributed by atoms with E-state index in [1.165, 1.54) is 11.1 Å². The van der Waals surface area contributed by atoms with Crippen molar-refractivity contribution in [3.63, 3.8) is 0 Å². The zero-order chi connectivity index (χ0) is 10.9. The van der Waals surface area contributed by atoms with Crippen LogP contribution in [-0.2, 0) is 11.8 Å². The maximum Gasteiger partial charge on any atom is 0.0620 e. The van der Waals surface area contributed by atoms with E-state index in [4.69, 9.17) is 5.73 Å². The Morgan fingerprint density at radius 1 is 1.47 bits per heavy atom. The summed E-state index contributed by atoms with van der Waals surface area (Å²) in [6, 6.07) is 8.37. The van der Waals surface area contributed by atoms with Crippen molar-refractivity contribution in [1.82, 2.24) is 0 Å². The summed E-state index contributed by atoms with van der Waals surface area (Å²) in [5, 5.41) is 9.99. The van der Waals surface area contributed by atoms with E-state index in [0.717, 1.165) is 19.3 Å². The van der Waals surface area contributed by atoms with Crippen molar-refractivity contribution < 1.29 is 5.11 Å². The Labute approximate surface area is 91.1 Å². The minimum atomic E-state index is -0.371. The Hall–Kier alpha value is -0.860. The van der Waals surface area contributed by atoms with E-state index in [-0.39, 0.29) is 11.5 Å². The molecular formula is C13H19NO. The summed E-state index contributed by atoms with van der Waals surface area (Å²) < 4.78 is 0. The molecule has 2 heteroatoms. The van der Waals surface area contributed by atoms with Gasteiger partial charge in [-0.05, 0) is 37.3 Å². The van der Waals surface area contributed by atoms with Crippen molar-refractivity contribution in [2.45, 2.75) is 37.7 Å². The summed E-state index contributed by atoms with van der Waals surface area (Å²) in [5.74, 6) is 0. The maximum absolute atomic E-state index is 9.99. The standard InChI is InChI=1S/C13H19NO/c1-10(15)13(9-14)8-4-6-11-5-2-3-7-12(11)13/h2-3,5,7,10,15H,4,6,8-9,14H2,1H3. The SMILES string of the molecule is CC(O)C1(CN)CCCc2ccccc21. The second-order valence-corrected chi connectivity index (χ2v) is 4.55. The molecule has 82 valence electrons. The molecule has 15 heavy (non-hydrogen) atoms. The van der Waals surface area contributed by atoms with Crippen LogP contribution in [0.5, 0.6) is 0 Å². The van der Waals surface area contributed by atoms with E-state index >= 15 is 0 Å². The van der Waals surface area contributed by atoms with Crippen molar-refractivity contribution >= 4 is 0 Å². The first-order valence-corrected chi connectivity index (χ1v) is 5.67. The summed E-state index contributed by atoms with van der Waals surface area (Å²) >= 11 is 0. The van der Waals surface area contributed by atoms with Crippen LogP contribution in [-0.4, -0.2) is 17.8 Å². The van der Waals surface area contributed by atoms with E-state index in [1.54, 1.807) is 0 Å². The zero-order valence-electron chi connectivity index (χ0n) is 9.24. The summed E-state index contributed by atoms with van der Waals surface area (Å²) in [6.45, 7) is 2.39. The van der Waals surface area contributed by atoms with Crippen molar-refractivity contribution in [3.8, 4) is 0 Å². The Morgan fingerprint density at radius 3 is 2.87 bits per heavy atom. The lowest BCUT2D eigenvalue weighted by Gasteiger charge is -2.40. The smallest absolute Gasteiger partial charge is 0.0620 e. The Bertz CT molecular complexity index is 348. The third kappa shape index (κ3) is 1.58. The molecule has 0 aliphatic heterocycles. The van der Waals surface area contributed by atoms with Gasteiger partial charge in [-0.3, -0.25) is 0 Å². The van der Waals surface area contributed by atoms with Crippen molar-refractivity contribution in [3.05, 3.63) is 35.4 Å². The first kappa shape index (κ1) is 10.7. The molecular weight excluding hydrogens is 186 g/mol. The largest absolute Gasteiger partial charge is 0.392 e. The van der Waals surface area contributed by atoms with Gasteiger partial charge in [0.05, 0.1) is 6.10 Å². The number of aliphatic hydroxyl groups is 1. The highest BCUT2D eigenvalue weighted by Crippen LogP contribution is 2.39. The number of fused-ring (bicyclic) bond motifs is 1. The second-order valence-electron chi connectivity index (χ2n) is 4.55. The van der Waals surface area contributed by atoms with E-state index in [9.17, 15) is 5.11 Å². The predicted octanol–water partition coefficient (Wildman–Crippen LogP) is 1.60. The van der Waals surface area contributed by atoms with E-state index in [2.05, 4.69) is 18.2 Å². The van der Waals surface area contributed by atoms with Crippen molar-refractivity contribution in [1.29, 1.82) is 0 Å². The molecule has 2 unspecified atom stereocenters. The summed E-state index contributed by atoms with van der Waals surface area (Å²) in [7, 11) is 0. The van der Waals surface area contributed by atoms with E-state index in [1.807, 2.05) is 13.0 Å². The monoisotopic (exact) mass is 205 g/mol. The number of benzene rings is 1. The van der Waals surface area contributed by atoms with Gasteiger partial charge in [-0.1, -0.05) is 24.3 Å². The van der Waals surface area contributed by atoms with Crippen LogP contribution in [0.4, 0.5) is 0 Å². The number of hydrogen-bond donors (Lipinski definition) is 2. The summed E-state index contributed by atoms with van der Waals surface area (Å²) in [5.41, 5.74) is 8.30. The molecule has 0 amide bonds. The molecule has 2 nitrogen and oxygen atoms in total. The third-order valence-corrected chi connectivity index (χ3v) is 3.79. The molecule has 1 aromatic carbocycles. The van der Waals surface area contributed by atoms with Crippen LogP contribution in [0.15, 0.2) is 24.3 Å². The number of aliphatic hydroxyl groups excluding tert-OH is 1. The van der Waals surface area contributed by atoms with Gasteiger partial charge in [0.2, 0.25) is 0 Å². The van der Waals surface area contributed by atoms with Crippen LogP contribution in [0.1, 0.15) is 30.9 Å². The van der Waals surface area contributed by atoms with Crippen molar-refractivity contribution in [2.75, 3.05) is 6.54 Å². The van der Waals surface area contributed by atoms with Gasteiger partial charge in [0, 0.05) is 12.0 Å². The molecule has 3 N–H and O–H groups in total. The van der Waals surface area contributed by atoms with Crippen LogP contribution >= 0.6 is 0 Å². The van der Waals surface area contributed by atoms with Crippen molar-refractivity contribution in [2.24, 2.45) is 5.73 Å². The minimum Gasteiger partial charge on any atom is -0.392 e. The molecule has 0 bridgehead atoms. The molecule has 1 aliphatic carbocycles. The number of aryl methyl sites for hydroxylation is 1. The molecule has 1 aliphatic rings. The van der Waals surface area contributed by atoms with Gasteiger partial charge in [-0.2, -0.15) is 0 Å². The maximum atomic E-state index is 9.99. The number of nitrogens with two attached hydrogens (primary N) is 1. The lowest BCUT2D eigenvalue weighted by molar-refractivity contribution is 0.0883. The lowest BCUT2D eigenvalue weighted by Crippen LogP contribution is -2.46. The summed E-state index contributed by atoms with van der Waals surface area (Å²) in [6.07, 6.45) is 2.87. The molecule has 2 rings (SSSR count). The molecule has 0 radical (unpaired) electrons. The number of hydrogen-bond acceptors (Lipinski definition) is 2. The average Bonchev–Trinajstić information content (AvgIpc) is 2.28. The fourth-order valence-electron chi connectivity index (χ4n) is 2.77. The highest BCUT2D eigenvalue weighted by Gasteiger charge is 2.39. The lowest BCUT2D eigenvalue weighted by atomic mass is 9.67. The van der Waals surface area contributed by atoms with Crippen LogP contribution in [0.2, 0.25) is 0 Å². The fourth-order valence-corrected chi connectivity index (χ4v) is 2.77. The average molecular weight is 205 g/mol. The summed E-state index contributed by atoms with van der Waals surface area (Å²) in [4.78, 5) is 0. The topological polar surface area (TPSA) is 46.2 Å². The quantitative estimate of drug-likeness (QED) is 0.770. The molecule has 2 atom stereocenters. The Balaban J connectivity index is 2.52. The number of rotatable bonds is 2. The first-order valence-electron chi connectivity index (χ1n) is 5.67. The normalized spacial score (nSPS) is 27.1. The first-order chi connectivity index (χ1) is 7.20. The van der Waals surface area contributed by atoms with Gasteiger partial charge in [0.1, 0.15) is 0 Å². The van der Waals surface area contributed by atoms with Gasteiger partial charge in [0.25, 0.3) is 0 Å². The van der Waals surface area contributed by atoms with Gasteiger partial charge in [-0.15, -0.1) is 0 Å². The van der Waals surface area contributed by atoms with E-state index < -0.39 is 0 Å². The van der Waals surface area contributed by atoms with Gasteiger partial charge < -0.3 is 10.8 Å². The third-order valence-electron chi connectivity index (χ3n) is 3.79. The van der Waals surface area contributed by atoms with Gasteiger partial charge in [0.15, 0.2) is 0 Å². The Kier molecular flexibility index (Phi) is 2.81. The fraction of sp³-hybridized carbons (Fsp3) is 0.538. The molecule has 0 heterocycles. The van der Waals surface area contributed by atoms with Crippen LogP contribution in [0.25, 0.3) is 0 Å². The molecule has 0 saturated carbocycles. The molecule has 1 aromatic rings. The van der Waals surface area contributed by atoms with Gasteiger partial charge >= 0.3 is 0 Å². The van der Waals surface area contributed by atoms with Crippen LogP contribution in [0.3, 0.4) is 0 Å². The highest BCUT2D eigenvalue weighted by atomic mass is 16.3. The highest BCUT2D eigenvalue weighted by molar-refractivity contribution is 5.38. The van der Waals surface area contributed by atoms with Crippen LogP contribution in [0, 0.1) is 0 Å². The molecule has 0 aromatic heterocycles. The van der Waals surface area contributed by atoms with Crippen LogP contribution < -0.4 is 5.73 Å². The van der Waals surface area contributed by atoms with E-state index in [0.29, 0.717) is 6.54 Å². The molecule has 0 spiro atoms. The van der Waals surface area contributed by atoms with Gasteiger partial charge in [-0.25, -0.2) is 0 Å².